The number of hydrogen-bond acceptors (Lipinski definition) is 20. The van der Waals surface area contributed by atoms with Crippen LogP contribution in [0, 0.1) is 0 Å². The summed E-state index contributed by atoms with van der Waals surface area (Å²) in [7, 11) is 34.6. The van der Waals surface area contributed by atoms with Crippen LogP contribution >= 0.6 is 86.4 Å². The van der Waals surface area contributed by atoms with Gasteiger partial charge in [0, 0.05) is 61.4 Å². The highest BCUT2D eigenvalue weighted by Gasteiger charge is 2.16. The molecule has 96 heavy (non-hydrogen) atoms. The van der Waals surface area contributed by atoms with Crippen molar-refractivity contribution in [2.24, 2.45) is 0 Å². The van der Waals surface area contributed by atoms with E-state index in [1.807, 2.05) is 0 Å². The Morgan fingerprint density at radius 3 is 0.417 bits per heavy atom. The van der Waals surface area contributed by atoms with E-state index in [0.29, 0.717) is 39.2 Å². The first kappa shape index (κ1) is 86.2. The molecule has 28 heteroatoms. The molecule has 0 amide bonds. The van der Waals surface area contributed by atoms with Crippen molar-refractivity contribution < 1.29 is 98.8 Å². The summed E-state index contributed by atoms with van der Waals surface area (Å²) in [5.74, 6) is -9.05. The number of carbonyl (C=O) groups is 8. The monoisotopic (exact) mass is 1460 g/mol. The number of rotatable bonds is 20. The summed E-state index contributed by atoms with van der Waals surface area (Å²) in [5.41, 5.74) is 1.14. The van der Waals surface area contributed by atoms with Crippen molar-refractivity contribution in [3.8, 4) is 0 Å². The van der Waals surface area contributed by atoms with E-state index in [2.05, 4.69) is 84.6 Å². The second kappa shape index (κ2) is 48.0. The van der Waals surface area contributed by atoms with E-state index < -0.39 is 47.8 Å². The van der Waals surface area contributed by atoms with Crippen LogP contribution in [0.15, 0.2) is 233 Å². The molecule has 0 fully saturated rings. The zero-order chi connectivity index (χ0) is 72.5. The molecule has 0 unspecified atom stereocenters. The van der Waals surface area contributed by atoms with Gasteiger partial charge in [-0.25, -0.2) is 19.2 Å². The van der Waals surface area contributed by atoms with Crippen LogP contribution in [0.5, 0.6) is 0 Å². The lowest BCUT2D eigenvalue weighted by molar-refractivity contribution is -0.836. The van der Waals surface area contributed by atoms with Crippen molar-refractivity contribution in [3.63, 3.8) is 0 Å². The molecule has 8 aromatic carbocycles. The Hall–Kier alpha value is -7.84. The van der Waals surface area contributed by atoms with Gasteiger partial charge in [0.2, 0.25) is 0 Å². The van der Waals surface area contributed by atoms with E-state index in [9.17, 15) is 58.8 Å². The topological polar surface area (TPSA) is 327 Å². The Kier molecular flexibility index (Phi) is 43.0. The summed E-state index contributed by atoms with van der Waals surface area (Å²) < 4.78 is 0. The van der Waals surface area contributed by atoms with Crippen LogP contribution in [-0.4, -0.2) is 153 Å². The quantitative estimate of drug-likeness (QED) is 0.0453. The van der Waals surface area contributed by atoms with Crippen LogP contribution in [0.2, 0.25) is 0 Å². The van der Waals surface area contributed by atoms with E-state index in [0.717, 1.165) is 21.6 Å². The Bertz CT molecular complexity index is 3060. The van der Waals surface area contributed by atoms with Crippen LogP contribution in [0.3, 0.4) is 0 Å². The third kappa shape index (κ3) is 35.8. The molecule has 0 spiro atoms. The van der Waals surface area contributed by atoms with Gasteiger partial charge in [-0.15, -0.1) is 0 Å². The van der Waals surface area contributed by atoms with Gasteiger partial charge >= 0.3 is 23.9 Å². The minimum Gasteiger partial charge on any atom is -0.545 e. The Labute approximate surface area is 590 Å². The fraction of sp³-hybridized carbons (Fsp3) is 0.176. The van der Waals surface area contributed by atoms with Gasteiger partial charge in [0.05, 0.1) is 131 Å². The van der Waals surface area contributed by atoms with E-state index in [1.165, 1.54) is 133 Å². The minimum atomic E-state index is -1.26. The molecule has 0 heterocycles. The fourth-order valence-electron chi connectivity index (χ4n) is 6.05. The molecule has 512 valence electrons. The van der Waals surface area contributed by atoms with Gasteiger partial charge in [-0.05, 0) is 72.8 Å². The van der Waals surface area contributed by atoms with Gasteiger partial charge in [0.25, 0.3) is 0 Å². The average Bonchev–Trinajstić information content (AvgIpc) is 0.954. The third-order valence-corrected chi connectivity index (χ3v) is 19.7. The maximum absolute atomic E-state index is 11.1. The van der Waals surface area contributed by atoms with Crippen LogP contribution in [0.4, 0.5) is 0 Å². The number of carboxylic acids is 8. The van der Waals surface area contributed by atoms with E-state index >= 15 is 0 Å². The lowest BCUT2D eigenvalue weighted by Crippen LogP contribution is -3.02. The van der Waals surface area contributed by atoms with Crippen molar-refractivity contribution in [2.45, 2.75) is 39.2 Å². The molecule has 0 saturated heterocycles. The smallest absolute Gasteiger partial charge is 0.336 e. The predicted octanol–water partition coefficient (Wildman–Crippen LogP) is 5.23. The average molecular weight is 1460 g/mol. The molecule has 0 atom stereocenters. The SMILES string of the molecule is C[NH+](C)C.C[NH+](C)C.C[NH+](C)C.C[NH+](C)C.O=C(O)c1ccccc1SSc1ccccc1C(=O)O.O=C([O-])c1ccccc1SSc1ccccc1C(=O)O.O=C([O-])c1ccccc1SSc1ccccc1C(=O)O.O=C([O-])c1ccccc1SSc1ccccc1C(=O)[O-]. The van der Waals surface area contributed by atoms with Crippen LogP contribution in [0.25, 0.3) is 0 Å². The molecule has 8 aromatic rings. The standard InChI is InChI=1S/4C14H10O4S2.4C3H9N/c4*15-13(16)9-5-1-3-7-11(9)19-20-12-8-4-2-6-10(12)14(17)18;4*1-4(2)3/h4*1-8H,(H,15,16)(H,17,18);4*1-3H3. The zero-order valence-corrected chi connectivity index (χ0v) is 61.0. The first-order valence-electron chi connectivity index (χ1n) is 28.3. The molecular formula is C68H76N4O16S8. The molecule has 20 nitrogen and oxygen atoms in total. The molecular weight excluding hydrogens is 1390 g/mol. The lowest BCUT2D eigenvalue weighted by atomic mass is 10.2. The second-order valence-corrected chi connectivity index (χ2v) is 29.9. The van der Waals surface area contributed by atoms with Gasteiger partial charge in [-0.3, -0.25) is 0 Å². The molecule has 0 aromatic heterocycles. The number of aromatic carboxylic acids is 8. The number of benzene rings is 8. The van der Waals surface area contributed by atoms with Gasteiger partial charge in [-0.2, -0.15) is 0 Å². The lowest BCUT2D eigenvalue weighted by Gasteiger charge is -2.11. The van der Waals surface area contributed by atoms with Crippen LogP contribution < -0.4 is 40.0 Å². The van der Waals surface area contributed by atoms with Crippen LogP contribution in [0.1, 0.15) is 82.9 Å². The van der Waals surface area contributed by atoms with Gasteiger partial charge in [-0.1, -0.05) is 208 Å². The number of hydrogen-bond donors (Lipinski definition) is 8. The van der Waals surface area contributed by atoms with Gasteiger partial charge in [0.1, 0.15) is 0 Å². The molecule has 0 aliphatic heterocycles. The van der Waals surface area contributed by atoms with Gasteiger partial charge in [0.15, 0.2) is 0 Å². The minimum absolute atomic E-state index is 0.0796. The van der Waals surface area contributed by atoms with E-state index in [-0.39, 0.29) is 44.5 Å². The maximum Gasteiger partial charge on any atom is 0.336 e. The van der Waals surface area contributed by atoms with Crippen molar-refractivity contribution in [3.05, 3.63) is 239 Å². The number of nitrogens with one attached hydrogen (secondary N) is 4. The summed E-state index contributed by atoms with van der Waals surface area (Å²) in [6.07, 6.45) is 0. The van der Waals surface area contributed by atoms with Crippen molar-refractivity contribution >= 4 is 134 Å². The van der Waals surface area contributed by atoms with E-state index in [4.69, 9.17) is 20.4 Å². The highest BCUT2D eigenvalue weighted by atomic mass is 33.1. The summed E-state index contributed by atoms with van der Waals surface area (Å²) >= 11 is 0. The number of carbonyl (C=O) groups excluding carboxylic acids is 4. The fourth-order valence-corrected chi connectivity index (χ4v) is 15.4. The Balaban J connectivity index is 0.000000593. The molecule has 0 aliphatic rings. The second-order valence-electron chi connectivity index (χ2n) is 21.0. The highest BCUT2D eigenvalue weighted by molar-refractivity contribution is 8.77. The van der Waals surface area contributed by atoms with Crippen molar-refractivity contribution in [1.29, 1.82) is 0 Å². The number of quaternary nitrogens is 4. The van der Waals surface area contributed by atoms with Crippen LogP contribution in [-0.2, 0) is 0 Å². The molecule has 0 bridgehead atoms. The number of carboxylic acid groups (broad SMARTS) is 8. The molecule has 8 N–H and O–H groups in total. The maximum atomic E-state index is 11.1. The molecule has 0 aliphatic carbocycles. The van der Waals surface area contributed by atoms with E-state index in [1.54, 1.807) is 146 Å². The predicted molar refractivity (Wildman–Crippen MR) is 378 cm³/mol. The molecule has 0 radical (unpaired) electrons. The molecule has 0 saturated carbocycles. The summed E-state index contributed by atoms with van der Waals surface area (Å²) in [6.45, 7) is 0. The van der Waals surface area contributed by atoms with Crippen molar-refractivity contribution in [1.82, 2.24) is 0 Å². The normalized spacial score (nSPS) is 10.0. The summed E-state index contributed by atoms with van der Waals surface area (Å²) in [6, 6.07) is 52.1. The first-order chi connectivity index (χ1) is 45.3. The van der Waals surface area contributed by atoms with Gasteiger partial charge < -0.3 is 79.6 Å². The highest BCUT2D eigenvalue weighted by Crippen LogP contribution is 2.43. The third-order valence-electron chi connectivity index (χ3n) is 9.78. The largest absolute Gasteiger partial charge is 0.545 e. The first-order valence-corrected chi connectivity index (χ1v) is 36.9. The summed E-state index contributed by atoms with van der Waals surface area (Å²) in [5, 5.41) is 80.2. The summed E-state index contributed by atoms with van der Waals surface area (Å²) in [4.78, 5) is 98.3. The molecule has 8 rings (SSSR count). The Morgan fingerprint density at radius 1 is 0.219 bits per heavy atom. The zero-order valence-electron chi connectivity index (χ0n) is 54.4. The van der Waals surface area contributed by atoms with Crippen molar-refractivity contribution in [2.75, 3.05) is 84.6 Å². The Morgan fingerprint density at radius 2 is 0.312 bits per heavy atom.